The van der Waals surface area contributed by atoms with Crippen LogP contribution in [0.3, 0.4) is 0 Å². The molecule has 1 saturated heterocycles. The summed E-state index contributed by atoms with van der Waals surface area (Å²) in [6.07, 6.45) is 1.97. The zero-order chi connectivity index (χ0) is 14.7. The molecule has 0 saturated carbocycles. The van der Waals surface area contributed by atoms with Crippen molar-refractivity contribution in [1.82, 2.24) is 4.90 Å². The van der Waals surface area contributed by atoms with Gasteiger partial charge >= 0.3 is 0 Å². The highest BCUT2D eigenvalue weighted by molar-refractivity contribution is 6.31. The van der Waals surface area contributed by atoms with Crippen LogP contribution in [0.5, 0.6) is 0 Å². The quantitative estimate of drug-likeness (QED) is 0.685. The van der Waals surface area contributed by atoms with Gasteiger partial charge in [-0.3, -0.25) is 10.1 Å². The van der Waals surface area contributed by atoms with Crippen LogP contribution in [0.25, 0.3) is 0 Å². The Morgan fingerprint density at radius 2 is 2.35 bits per heavy atom. The molecule has 20 heavy (non-hydrogen) atoms. The largest absolute Gasteiger partial charge is 0.375 e. The average molecular weight is 302 g/mol. The van der Waals surface area contributed by atoms with Gasteiger partial charge in [-0.2, -0.15) is 0 Å². The number of rotatable bonds is 4. The molecule has 0 aromatic heterocycles. The van der Waals surface area contributed by atoms with Crippen molar-refractivity contribution in [3.05, 3.63) is 33.1 Å². The number of nitrogens with one attached hydrogen (secondary N) is 1. The number of hydrogen-bond acceptors (Lipinski definition) is 4. The molecule has 110 valence electrons. The Balaban J connectivity index is 2.19. The highest BCUT2D eigenvalue weighted by atomic mass is 35.5. The highest BCUT2D eigenvalue weighted by Crippen LogP contribution is 2.31. The zero-order valence-electron chi connectivity index (χ0n) is 11.2. The van der Waals surface area contributed by atoms with Crippen molar-refractivity contribution in [3.63, 3.8) is 0 Å². The lowest BCUT2D eigenvalue weighted by atomic mass is 10.1. The van der Waals surface area contributed by atoms with E-state index in [2.05, 4.69) is 17.1 Å². The first-order valence-electron chi connectivity index (χ1n) is 6.63. The summed E-state index contributed by atoms with van der Waals surface area (Å²) in [5, 5.41) is 14.0. The maximum Gasteiger partial charge on any atom is 0.295 e. The van der Waals surface area contributed by atoms with Crippen molar-refractivity contribution < 1.29 is 9.31 Å². The van der Waals surface area contributed by atoms with Crippen LogP contribution < -0.4 is 5.32 Å². The van der Waals surface area contributed by atoms with Gasteiger partial charge in [-0.15, -0.1) is 0 Å². The predicted molar refractivity (Wildman–Crippen MR) is 76.8 cm³/mol. The number of anilines is 1. The molecular formula is C13H17ClFN3O2. The van der Waals surface area contributed by atoms with E-state index in [4.69, 9.17) is 11.6 Å². The molecule has 0 radical (unpaired) electrons. The first-order chi connectivity index (χ1) is 9.51. The van der Waals surface area contributed by atoms with E-state index in [1.807, 2.05) is 0 Å². The topological polar surface area (TPSA) is 58.4 Å². The van der Waals surface area contributed by atoms with E-state index < -0.39 is 10.7 Å². The van der Waals surface area contributed by atoms with E-state index in [-0.39, 0.29) is 22.4 Å². The SMILES string of the molecule is CCN1CCCC(Nc2cc(Cl)c(F)cc2[N+](=O)[O-])C1. The highest BCUT2D eigenvalue weighted by Gasteiger charge is 2.23. The molecular weight excluding hydrogens is 285 g/mol. The maximum absolute atomic E-state index is 13.3. The second kappa shape index (κ2) is 6.37. The Labute approximate surface area is 121 Å². The molecule has 1 N–H and O–H groups in total. The Kier molecular flexibility index (Phi) is 4.77. The van der Waals surface area contributed by atoms with Crippen LogP contribution in [0.2, 0.25) is 5.02 Å². The lowest BCUT2D eigenvalue weighted by Gasteiger charge is -2.32. The minimum atomic E-state index is -0.775. The van der Waals surface area contributed by atoms with Crippen molar-refractivity contribution in [3.8, 4) is 0 Å². The van der Waals surface area contributed by atoms with Gasteiger partial charge in [0.1, 0.15) is 11.5 Å². The molecule has 1 aromatic carbocycles. The molecule has 0 amide bonds. The number of likely N-dealkylation sites (tertiary alicyclic amines) is 1. The van der Waals surface area contributed by atoms with E-state index in [1.165, 1.54) is 6.07 Å². The van der Waals surface area contributed by atoms with E-state index >= 15 is 0 Å². The predicted octanol–water partition coefficient (Wildman–Crippen LogP) is 3.28. The first kappa shape index (κ1) is 15.0. The van der Waals surface area contributed by atoms with Gasteiger partial charge in [-0.05, 0) is 32.0 Å². The molecule has 0 bridgehead atoms. The van der Waals surface area contributed by atoms with Crippen LogP contribution >= 0.6 is 11.6 Å². The average Bonchev–Trinajstić information content (AvgIpc) is 2.42. The van der Waals surface area contributed by atoms with Crippen molar-refractivity contribution in [2.75, 3.05) is 25.0 Å². The van der Waals surface area contributed by atoms with E-state index in [1.54, 1.807) is 0 Å². The first-order valence-corrected chi connectivity index (χ1v) is 7.01. The van der Waals surface area contributed by atoms with Gasteiger partial charge < -0.3 is 10.2 Å². The Morgan fingerprint density at radius 3 is 3.00 bits per heavy atom. The van der Waals surface area contributed by atoms with Gasteiger partial charge in [0, 0.05) is 12.6 Å². The number of piperidine rings is 1. The molecule has 0 spiro atoms. The summed E-state index contributed by atoms with van der Waals surface area (Å²) in [4.78, 5) is 12.7. The molecule has 2 rings (SSSR count). The molecule has 1 aliphatic rings. The summed E-state index contributed by atoms with van der Waals surface area (Å²) in [6, 6.07) is 2.27. The second-order valence-corrected chi connectivity index (χ2v) is 5.32. The molecule has 1 heterocycles. The zero-order valence-corrected chi connectivity index (χ0v) is 12.0. The van der Waals surface area contributed by atoms with Gasteiger partial charge in [0.2, 0.25) is 0 Å². The van der Waals surface area contributed by atoms with Gasteiger partial charge in [0.05, 0.1) is 16.0 Å². The van der Waals surface area contributed by atoms with E-state index in [9.17, 15) is 14.5 Å². The maximum atomic E-state index is 13.3. The van der Waals surface area contributed by atoms with Crippen molar-refractivity contribution in [2.24, 2.45) is 0 Å². The lowest BCUT2D eigenvalue weighted by Crippen LogP contribution is -2.41. The van der Waals surface area contributed by atoms with Crippen LogP contribution in [0.1, 0.15) is 19.8 Å². The molecule has 1 fully saturated rings. The van der Waals surface area contributed by atoms with Gasteiger partial charge in [-0.1, -0.05) is 18.5 Å². The summed E-state index contributed by atoms with van der Waals surface area (Å²) in [5.74, 6) is -0.775. The van der Waals surface area contributed by atoms with Crippen molar-refractivity contribution in [2.45, 2.75) is 25.8 Å². The Morgan fingerprint density at radius 1 is 1.60 bits per heavy atom. The summed E-state index contributed by atoms with van der Waals surface area (Å²) in [5.41, 5.74) is 0.00451. The molecule has 0 aliphatic carbocycles. The molecule has 1 unspecified atom stereocenters. The lowest BCUT2D eigenvalue weighted by molar-refractivity contribution is -0.384. The summed E-state index contributed by atoms with van der Waals surface area (Å²) in [7, 11) is 0. The minimum Gasteiger partial charge on any atom is -0.375 e. The number of nitro groups is 1. The van der Waals surface area contributed by atoms with Gasteiger partial charge in [-0.25, -0.2) is 4.39 Å². The fourth-order valence-electron chi connectivity index (χ4n) is 2.48. The van der Waals surface area contributed by atoms with Crippen LogP contribution in [0.15, 0.2) is 12.1 Å². The number of halogens is 2. The molecule has 5 nitrogen and oxygen atoms in total. The van der Waals surface area contributed by atoms with Crippen LogP contribution in [0.4, 0.5) is 15.8 Å². The molecule has 7 heteroatoms. The third-order valence-corrected chi connectivity index (χ3v) is 3.84. The Hall–Kier alpha value is -1.40. The third-order valence-electron chi connectivity index (χ3n) is 3.55. The molecule has 1 aromatic rings. The Bertz CT molecular complexity index is 513. The minimum absolute atomic E-state index is 0.110. The molecule has 1 atom stereocenters. The summed E-state index contributed by atoms with van der Waals surface area (Å²) >= 11 is 5.72. The van der Waals surface area contributed by atoms with Gasteiger partial charge in [0.25, 0.3) is 5.69 Å². The number of benzene rings is 1. The smallest absolute Gasteiger partial charge is 0.295 e. The van der Waals surface area contributed by atoms with Crippen molar-refractivity contribution in [1.29, 1.82) is 0 Å². The normalized spacial score (nSPS) is 19.9. The number of likely N-dealkylation sites (N-methyl/N-ethyl adjacent to an activating group) is 1. The monoisotopic (exact) mass is 301 g/mol. The second-order valence-electron chi connectivity index (χ2n) is 4.92. The number of nitro benzene ring substituents is 1. The number of nitrogens with zero attached hydrogens (tertiary/aromatic N) is 2. The van der Waals surface area contributed by atoms with E-state index in [0.717, 1.165) is 38.5 Å². The fourth-order valence-corrected chi connectivity index (χ4v) is 2.65. The van der Waals surface area contributed by atoms with Crippen LogP contribution in [-0.2, 0) is 0 Å². The fraction of sp³-hybridized carbons (Fsp3) is 0.538. The third kappa shape index (κ3) is 3.37. The number of hydrogen-bond donors (Lipinski definition) is 1. The van der Waals surface area contributed by atoms with Crippen LogP contribution in [-0.4, -0.2) is 35.5 Å². The molecule has 1 aliphatic heterocycles. The van der Waals surface area contributed by atoms with Gasteiger partial charge in [0.15, 0.2) is 0 Å². The van der Waals surface area contributed by atoms with E-state index in [0.29, 0.717) is 0 Å². The van der Waals surface area contributed by atoms with Crippen molar-refractivity contribution >= 4 is 23.0 Å². The summed E-state index contributed by atoms with van der Waals surface area (Å²) < 4.78 is 13.3. The van der Waals surface area contributed by atoms with Crippen LogP contribution in [0, 0.1) is 15.9 Å². The summed E-state index contributed by atoms with van der Waals surface area (Å²) in [6.45, 7) is 4.90. The standard InChI is InChI=1S/C13H17ClFN3O2/c1-2-17-5-3-4-9(8-17)16-12-6-10(14)11(15)7-13(12)18(19)20/h6-7,9,16H,2-5,8H2,1H3.